The molecule has 0 spiro atoms. The van der Waals surface area contributed by atoms with E-state index in [1.54, 1.807) is 31.3 Å². The number of thiazole rings is 1. The summed E-state index contributed by atoms with van der Waals surface area (Å²) in [6.07, 6.45) is 1.57. The Balaban J connectivity index is 2.06. The minimum absolute atomic E-state index is 0.160. The zero-order chi connectivity index (χ0) is 13.7. The molecule has 0 aliphatic rings. The van der Waals surface area contributed by atoms with Gasteiger partial charge in [0.1, 0.15) is 11.5 Å². The molecule has 98 valence electrons. The van der Waals surface area contributed by atoms with Crippen molar-refractivity contribution in [2.45, 2.75) is 6.92 Å². The maximum atomic E-state index is 11.8. The van der Waals surface area contributed by atoms with E-state index in [4.69, 9.17) is 4.74 Å². The van der Waals surface area contributed by atoms with E-state index in [1.165, 1.54) is 5.38 Å². The van der Waals surface area contributed by atoms with Crippen molar-refractivity contribution >= 4 is 29.0 Å². The van der Waals surface area contributed by atoms with Gasteiger partial charge in [0.25, 0.3) is 5.91 Å². The van der Waals surface area contributed by atoms with Crippen LogP contribution in [0.5, 0.6) is 0 Å². The maximum absolute atomic E-state index is 11.8. The number of hydrogen-bond acceptors (Lipinski definition) is 6. The third kappa shape index (κ3) is 3.35. The second kappa shape index (κ2) is 6.05. The van der Waals surface area contributed by atoms with Crippen molar-refractivity contribution in [1.82, 2.24) is 9.97 Å². The smallest absolute Gasteiger partial charge is 0.367 e. The summed E-state index contributed by atoms with van der Waals surface area (Å²) in [7, 11) is 0. The molecule has 1 N–H and O–H groups in total. The van der Waals surface area contributed by atoms with Crippen LogP contribution in [-0.2, 0) is 4.74 Å². The van der Waals surface area contributed by atoms with E-state index >= 15 is 0 Å². The first-order chi connectivity index (χ1) is 9.20. The minimum atomic E-state index is -0.524. The average molecular weight is 277 g/mol. The highest BCUT2D eigenvalue weighted by molar-refractivity contribution is 7.11. The lowest BCUT2D eigenvalue weighted by molar-refractivity contribution is 0.0526. The van der Waals surface area contributed by atoms with Gasteiger partial charge in [-0.05, 0) is 19.1 Å². The van der Waals surface area contributed by atoms with Crippen LogP contribution in [0.15, 0.2) is 29.8 Å². The van der Waals surface area contributed by atoms with E-state index in [-0.39, 0.29) is 17.3 Å². The largest absolute Gasteiger partial charge is 0.461 e. The van der Waals surface area contributed by atoms with Crippen molar-refractivity contribution < 1.29 is 14.3 Å². The van der Waals surface area contributed by atoms with Crippen molar-refractivity contribution in [3.63, 3.8) is 0 Å². The molecule has 0 aliphatic heterocycles. The van der Waals surface area contributed by atoms with Gasteiger partial charge in [0, 0.05) is 11.6 Å². The molecule has 2 aromatic heterocycles. The number of hydrogen-bond donors (Lipinski definition) is 1. The van der Waals surface area contributed by atoms with E-state index < -0.39 is 11.9 Å². The molecular formula is C12H11N3O3S. The van der Waals surface area contributed by atoms with Crippen LogP contribution in [-0.4, -0.2) is 28.5 Å². The van der Waals surface area contributed by atoms with Crippen molar-refractivity contribution in [1.29, 1.82) is 0 Å². The number of amides is 1. The number of carbonyl (C=O) groups excluding carboxylic acids is 2. The lowest BCUT2D eigenvalue weighted by atomic mass is 10.4. The van der Waals surface area contributed by atoms with E-state index in [0.29, 0.717) is 5.82 Å². The molecule has 0 saturated heterocycles. The number of aromatic nitrogens is 2. The predicted molar refractivity (Wildman–Crippen MR) is 70.3 cm³/mol. The van der Waals surface area contributed by atoms with Gasteiger partial charge in [-0.15, -0.1) is 11.3 Å². The monoisotopic (exact) mass is 277 g/mol. The van der Waals surface area contributed by atoms with E-state index in [0.717, 1.165) is 11.3 Å². The van der Waals surface area contributed by atoms with Gasteiger partial charge in [0.05, 0.1) is 6.61 Å². The van der Waals surface area contributed by atoms with Gasteiger partial charge in [-0.1, -0.05) is 6.07 Å². The van der Waals surface area contributed by atoms with Crippen molar-refractivity contribution in [2.75, 3.05) is 11.9 Å². The second-order valence-electron chi connectivity index (χ2n) is 3.43. The fourth-order valence-electron chi connectivity index (χ4n) is 1.28. The number of rotatable bonds is 4. The molecule has 6 nitrogen and oxygen atoms in total. The molecule has 2 rings (SSSR count). The number of carbonyl (C=O) groups is 2. The van der Waals surface area contributed by atoms with Gasteiger partial charge < -0.3 is 10.1 Å². The number of pyridine rings is 1. The summed E-state index contributed by atoms with van der Waals surface area (Å²) in [6, 6.07) is 5.17. The van der Waals surface area contributed by atoms with Crippen LogP contribution in [0.2, 0.25) is 0 Å². The summed E-state index contributed by atoms with van der Waals surface area (Å²) in [5.74, 6) is -0.506. The molecule has 19 heavy (non-hydrogen) atoms. The van der Waals surface area contributed by atoms with Gasteiger partial charge in [-0.3, -0.25) is 4.79 Å². The average Bonchev–Trinajstić information content (AvgIpc) is 2.90. The van der Waals surface area contributed by atoms with Crippen molar-refractivity contribution in [2.24, 2.45) is 0 Å². The molecule has 0 aliphatic carbocycles. The number of nitrogens with one attached hydrogen (secondary N) is 1. The highest BCUT2D eigenvalue weighted by Gasteiger charge is 2.16. The summed E-state index contributed by atoms with van der Waals surface area (Å²) in [5, 5.41) is 4.25. The molecule has 1 amide bonds. The van der Waals surface area contributed by atoms with Gasteiger partial charge in [-0.25, -0.2) is 14.8 Å². The fourth-order valence-corrected chi connectivity index (χ4v) is 1.97. The summed E-state index contributed by atoms with van der Waals surface area (Å²) < 4.78 is 4.80. The molecule has 0 unspecified atom stereocenters. The SMILES string of the molecule is CCOC(=O)c1nc(C(=O)Nc2ccccn2)cs1. The van der Waals surface area contributed by atoms with Crippen LogP contribution < -0.4 is 5.32 Å². The second-order valence-corrected chi connectivity index (χ2v) is 4.29. The first-order valence-corrected chi connectivity index (χ1v) is 6.43. The number of nitrogens with zero attached hydrogens (tertiary/aromatic N) is 2. The highest BCUT2D eigenvalue weighted by atomic mass is 32.1. The maximum Gasteiger partial charge on any atom is 0.367 e. The molecule has 0 fully saturated rings. The topological polar surface area (TPSA) is 81.2 Å². The number of esters is 1. The van der Waals surface area contributed by atoms with E-state index in [1.807, 2.05) is 0 Å². The molecule has 7 heteroatoms. The van der Waals surface area contributed by atoms with Gasteiger partial charge in [0.2, 0.25) is 5.01 Å². The van der Waals surface area contributed by atoms with Crippen LogP contribution in [0.25, 0.3) is 0 Å². The lowest BCUT2D eigenvalue weighted by Gasteiger charge is -2.00. The molecule has 2 aromatic rings. The van der Waals surface area contributed by atoms with Crippen molar-refractivity contribution in [3.8, 4) is 0 Å². The van der Waals surface area contributed by atoms with Crippen LogP contribution in [0.4, 0.5) is 5.82 Å². The Labute approximate surface area is 113 Å². The zero-order valence-electron chi connectivity index (χ0n) is 10.1. The van der Waals surface area contributed by atoms with Crippen LogP contribution >= 0.6 is 11.3 Å². The van der Waals surface area contributed by atoms with E-state index in [9.17, 15) is 9.59 Å². The van der Waals surface area contributed by atoms with Crippen LogP contribution in [0, 0.1) is 0 Å². The predicted octanol–water partition coefficient (Wildman–Crippen LogP) is 1.97. The van der Waals surface area contributed by atoms with Gasteiger partial charge in [0.15, 0.2) is 0 Å². The Kier molecular flexibility index (Phi) is 4.19. The Morgan fingerprint density at radius 3 is 2.95 bits per heavy atom. The Hall–Kier alpha value is -2.28. The minimum Gasteiger partial charge on any atom is -0.461 e. The zero-order valence-corrected chi connectivity index (χ0v) is 10.9. The molecule has 0 saturated carbocycles. The molecule has 0 bridgehead atoms. The quantitative estimate of drug-likeness (QED) is 0.864. The van der Waals surface area contributed by atoms with Crippen LogP contribution in [0.3, 0.4) is 0 Å². The Bertz CT molecular complexity index is 583. The highest BCUT2D eigenvalue weighted by Crippen LogP contribution is 2.12. The summed E-state index contributed by atoms with van der Waals surface area (Å²) in [5.41, 5.74) is 0.165. The third-order valence-electron chi connectivity index (χ3n) is 2.09. The summed E-state index contributed by atoms with van der Waals surface area (Å²) in [6.45, 7) is 1.98. The standard InChI is InChI=1S/C12H11N3O3S/c1-2-18-12(17)11-14-8(7-19-11)10(16)15-9-5-3-4-6-13-9/h3-7H,2H2,1H3,(H,13,15,16). The molecule has 0 atom stereocenters. The third-order valence-corrected chi connectivity index (χ3v) is 2.92. The summed E-state index contributed by atoms with van der Waals surface area (Å²) in [4.78, 5) is 31.2. The van der Waals surface area contributed by atoms with Gasteiger partial charge in [-0.2, -0.15) is 0 Å². The molecular weight excluding hydrogens is 266 g/mol. The molecule has 0 radical (unpaired) electrons. The Morgan fingerprint density at radius 2 is 2.26 bits per heavy atom. The number of anilines is 1. The molecule has 2 heterocycles. The number of ether oxygens (including phenoxy) is 1. The normalized spacial score (nSPS) is 9.95. The Morgan fingerprint density at radius 1 is 1.42 bits per heavy atom. The van der Waals surface area contributed by atoms with Crippen LogP contribution in [0.1, 0.15) is 27.2 Å². The van der Waals surface area contributed by atoms with E-state index in [2.05, 4.69) is 15.3 Å². The summed E-state index contributed by atoms with van der Waals surface area (Å²) >= 11 is 1.07. The first kappa shape index (κ1) is 13.2. The fraction of sp³-hybridized carbons (Fsp3) is 0.167. The first-order valence-electron chi connectivity index (χ1n) is 5.55. The lowest BCUT2D eigenvalue weighted by Crippen LogP contribution is -2.14. The van der Waals surface area contributed by atoms with Crippen molar-refractivity contribution in [3.05, 3.63) is 40.5 Å². The molecule has 0 aromatic carbocycles. The van der Waals surface area contributed by atoms with Gasteiger partial charge >= 0.3 is 5.97 Å².